The molecule has 0 aliphatic rings. The van der Waals surface area contributed by atoms with Gasteiger partial charge in [0.25, 0.3) is 0 Å². The molecule has 0 heterocycles. The molecule has 0 spiro atoms. The average molecular weight is 243 g/mol. The standard InChI is InChI=1S/C9H11BrN2O/c1-11-9(13)6-12-8-4-2-3-7(10)5-8/h2-5,12H,6H2,1H3,(H,11,13). The molecule has 2 N–H and O–H groups in total. The van der Waals surface area contributed by atoms with Gasteiger partial charge in [0.15, 0.2) is 0 Å². The molecular weight excluding hydrogens is 232 g/mol. The zero-order valence-corrected chi connectivity index (χ0v) is 8.89. The van der Waals surface area contributed by atoms with Crippen LogP contribution >= 0.6 is 15.9 Å². The molecule has 3 nitrogen and oxygen atoms in total. The molecule has 0 bridgehead atoms. The predicted octanol–water partition coefficient (Wildman–Crippen LogP) is 1.61. The van der Waals surface area contributed by atoms with Gasteiger partial charge in [0, 0.05) is 17.2 Å². The Bertz CT molecular complexity index is 301. The van der Waals surface area contributed by atoms with Gasteiger partial charge in [-0.25, -0.2) is 0 Å². The Balaban J connectivity index is 2.50. The highest BCUT2D eigenvalue weighted by Gasteiger charge is 1.97. The summed E-state index contributed by atoms with van der Waals surface area (Å²) in [5, 5.41) is 5.53. The van der Waals surface area contributed by atoms with Gasteiger partial charge in [-0.1, -0.05) is 22.0 Å². The fraction of sp³-hybridized carbons (Fsp3) is 0.222. The summed E-state index contributed by atoms with van der Waals surface area (Å²) in [4.78, 5) is 10.9. The van der Waals surface area contributed by atoms with Crippen LogP contribution in [0.3, 0.4) is 0 Å². The molecular formula is C9H11BrN2O. The van der Waals surface area contributed by atoms with Gasteiger partial charge in [-0.05, 0) is 18.2 Å². The molecule has 0 aromatic heterocycles. The summed E-state index contributed by atoms with van der Waals surface area (Å²) in [5.41, 5.74) is 0.929. The molecule has 13 heavy (non-hydrogen) atoms. The second-order valence-electron chi connectivity index (χ2n) is 2.54. The zero-order chi connectivity index (χ0) is 9.68. The summed E-state index contributed by atoms with van der Waals surface area (Å²) < 4.78 is 0.995. The highest BCUT2D eigenvalue weighted by Crippen LogP contribution is 2.14. The van der Waals surface area contributed by atoms with E-state index in [0.29, 0.717) is 6.54 Å². The molecule has 1 aromatic rings. The van der Waals surface area contributed by atoms with Crippen molar-refractivity contribution in [2.24, 2.45) is 0 Å². The minimum absolute atomic E-state index is 0.0278. The molecule has 70 valence electrons. The van der Waals surface area contributed by atoms with Crippen LogP contribution in [0, 0.1) is 0 Å². The van der Waals surface area contributed by atoms with E-state index in [4.69, 9.17) is 0 Å². The number of amides is 1. The summed E-state index contributed by atoms with van der Waals surface area (Å²) in [6.07, 6.45) is 0. The normalized spacial score (nSPS) is 9.38. The third-order valence-corrected chi connectivity index (χ3v) is 2.05. The number of halogens is 1. The number of nitrogens with one attached hydrogen (secondary N) is 2. The van der Waals surface area contributed by atoms with Crippen molar-refractivity contribution in [2.75, 3.05) is 18.9 Å². The van der Waals surface area contributed by atoms with E-state index in [1.54, 1.807) is 7.05 Å². The van der Waals surface area contributed by atoms with Crippen LogP contribution in [0.2, 0.25) is 0 Å². The van der Waals surface area contributed by atoms with E-state index in [1.165, 1.54) is 0 Å². The third-order valence-electron chi connectivity index (χ3n) is 1.56. The number of carbonyl (C=O) groups is 1. The highest BCUT2D eigenvalue weighted by atomic mass is 79.9. The molecule has 0 saturated carbocycles. The Labute approximate surface area is 85.7 Å². The summed E-state index contributed by atoms with van der Waals surface area (Å²) in [7, 11) is 1.62. The van der Waals surface area contributed by atoms with Crippen LogP contribution in [0.1, 0.15) is 0 Å². The van der Waals surface area contributed by atoms with Gasteiger partial charge in [0.1, 0.15) is 0 Å². The lowest BCUT2D eigenvalue weighted by atomic mass is 10.3. The lowest BCUT2D eigenvalue weighted by Crippen LogP contribution is -2.26. The van der Waals surface area contributed by atoms with Crippen LogP contribution in [0.15, 0.2) is 28.7 Å². The first-order chi connectivity index (χ1) is 6.22. The highest BCUT2D eigenvalue weighted by molar-refractivity contribution is 9.10. The Morgan fingerprint density at radius 3 is 2.92 bits per heavy atom. The Morgan fingerprint density at radius 2 is 2.31 bits per heavy atom. The maximum Gasteiger partial charge on any atom is 0.239 e. The number of anilines is 1. The van der Waals surface area contributed by atoms with Gasteiger partial charge >= 0.3 is 0 Å². The first-order valence-corrected chi connectivity index (χ1v) is 4.71. The topological polar surface area (TPSA) is 41.1 Å². The Hall–Kier alpha value is -1.03. The minimum atomic E-state index is -0.0278. The number of carbonyl (C=O) groups excluding carboxylic acids is 1. The molecule has 0 radical (unpaired) electrons. The van der Waals surface area contributed by atoms with Gasteiger partial charge in [-0.15, -0.1) is 0 Å². The van der Waals surface area contributed by atoms with Crippen LogP contribution in [0.5, 0.6) is 0 Å². The second-order valence-corrected chi connectivity index (χ2v) is 3.45. The third kappa shape index (κ3) is 3.46. The summed E-state index contributed by atoms with van der Waals surface area (Å²) >= 11 is 3.35. The van der Waals surface area contributed by atoms with Crippen molar-refractivity contribution in [3.63, 3.8) is 0 Å². The molecule has 0 unspecified atom stereocenters. The van der Waals surface area contributed by atoms with Crippen molar-refractivity contribution in [1.29, 1.82) is 0 Å². The number of hydrogen-bond donors (Lipinski definition) is 2. The van der Waals surface area contributed by atoms with Gasteiger partial charge < -0.3 is 10.6 Å². The summed E-state index contributed by atoms with van der Waals surface area (Å²) in [5.74, 6) is -0.0278. The van der Waals surface area contributed by atoms with E-state index in [-0.39, 0.29) is 5.91 Å². The SMILES string of the molecule is CNC(=O)CNc1cccc(Br)c1. The van der Waals surface area contributed by atoms with E-state index in [9.17, 15) is 4.79 Å². The molecule has 0 atom stereocenters. The first-order valence-electron chi connectivity index (χ1n) is 3.92. The van der Waals surface area contributed by atoms with Gasteiger partial charge in [-0.3, -0.25) is 4.79 Å². The molecule has 1 rings (SSSR count). The van der Waals surface area contributed by atoms with Crippen LogP contribution in [-0.2, 0) is 4.79 Å². The van der Waals surface area contributed by atoms with Crippen LogP contribution < -0.4 is 10.6 Å². The molecule has 1 aromatic carbocycles. The number of hydrogen-bond acceptors (Lipinski definition) is 2. The molecule has 0 fully saturated rings. The molecule has 0 aliphatic carbocycles. The van der Waals surface area contributed by atoms with Gasteiger partial charge in [-0.2, -0.15) is 0 Å². The van der Waals surface area contributed by atoms with Crippen molar-refractivity contribution in [1.82, 2.24) is 5.32 Å². The van der Waals surface area contributed by atoms with Crippen LogP contribution in [0.4, 0.5) is 5.69 Å². The van der Waals surface area contributed by atoms with Gasteiger partial charge in [0.05, 0.1) is 6.54 Å². The molecule has 0 aliphatic heterocycles. The van der Waals surface area contributed by atoms with E-state index in [1.807, 2.05) is 24.3 Å². The largest absolute Gasteiger partial charge is 0.376 e. The van der Waals surface area contributed by atoms with Crippen molar-refractivity contribution < 1.29 is 4.79 Å². The fourth-order valence-electron chi connectivity index (χ4n) is 0.869. The molecule has 4 heteroatoms. The zero-order valence-electron chi connectivity index (χ0n) is 7.30. The fourth-order valence-corrected chi connectivity index (χ4v) is 1.27. The molecule has 1 amide bonds. The second kappa shape index (κ2) is 4.87. The van der Waals surface area contributed by atoms with Crippen LogP contribution in [-0.4, -0.2) is 19.5 Å². The van der Waals surface area contributed by atoms with E-state index < -0.39 is 0 Å². The number of benzene rings is 1. The average Bonchev–Trinajstić information content (AvgIpc) is 2.14. The van der Waals surface area contributed by atoms with E-state index >= 15 is 0 Å². The van der Waals surface area contributed by atoms with Crippen molar-refractivity contribution in [3.05, 3.63) is 28.7 Å². The Morgan fingerprint density at radius 1 is 1.54 bits per heavy atom. The quantitative estimate of drug-likeness (QED) is 0.846. The number of rotatable bonds is 3. The van der Waals surface area contributed by atoms with E-state index in [2.05, 4.69) is 26.6 Å². The van der Waals surface area contributed by atoms with Crippen molar-refractivity contribution in [2.45, 2.75) is 0 Å². The Kier molecular flexibility index (Phi) is 3.76. The lowest BCUT2D eigenvalue weighted by molar-refractivity contribution is -0.118. The summed E-state index contributed by atoms with van der Waals surface area (Å²) in [6, 6.07) is 7.68. The predicted molar refractivity (Wildman–Crippen MR) is 56.7 cm³/mol. The first kappa shape index (κ1) is 10.1. The smallest absolute Gasteiger partial charge is 0.239 e. The van der Waals surface area contributed by atoms with Crippen molar-refractivity contribution >= 4 is 27.5 Å². The minimum Gasteiger partial charge on any atom is -0.376 e. The monoisotopic (exact) mass is 242 g/mol. The van der Waals surface area contributed by atoms with E-state index in [0.717, 1.165) is 10.2 Å². The van der Waals surface area contributed by atoms with Crippen molar-refractivity contribution in [3.8, 4) is 0 Å². The van der Waals surface area contributed by atoms with Crippen LogP contribution in [0.25, 0.3) is 0 Å². The summed E-state index contributed by atoms with van der Waals surface area (Å²) in [6.45, 7) is 0.299. The van der Waals surface area contributed by atoms with Gasteiger partial charge in [0.2, 0.25) is 5.91 Å². The maximum absolute atomic E-state index is 10.9. The lowest BCUT2D eigenvalue weighted by Gasteiger charge is -2.04. The molecule has 0 saturated heterocycles. The number of likely N-dealkylation sites (N-methyl/N-ethyl adjacent to an activating group) is 1. The maximum atomic E-state index is 10.9.